The Kier molecular flexibility index (Phi) is 5.78. The van der Waals surface area contributed by atoms with E-state index in [2.05, 4.69) is 22.1 Å². The molecule has 2 aromatic heterocycles. The molecule has 0 N–H and O–H groups in total. The zero-order chi connectivity index (χ0) is 22.7. The molecule has 0 fully saturated rings. The minimum atomic E-state index is -3.54. The second-order valence-electron chi connectivity index (χ2n) is 8.21. The largest absolute Gasteiger partial charge is 2.00 e. The van der Waals surface area contributed by atoms with Gasteiger partial charge in [0.1, 0.15) is 11.4 Å². The molecule has 0 radical (unpaired) electrons. The minimum absolute atomic E-state index is 0. The van der Waals surface area contributed by atoms with Crippen LogP contribution in [0.2, 0.25) is 0 Å². The maximum Gasteiger partial charge on any atom is 2.00 e. The summed E-state index contributed by atoms with van der Waals surface area (Å²) in [7, 11) is 0. The Bertz CT molecular complexity index is 1370. The van der Waals surface area contributed by atoms with Crippen LogP contribution in [-0.2, 0) is 32.4 Å². The van der Waals surface area contributed by atoms with Crippen molar-refractivity contribution < 1.29 is 38.6 Å². The van der Waals surface area contributed by atoms with Crippen molar-refractivity contribution in [1.82, 2.24) is 9.97 Å². The van der Waals surface area contributed by atoms with E-state index < -0.39 is 34.4 Å². The summed E-state index contributed by atoms with van der Waals surface area (Å²) in [5.41, 5.74) is -0.824. The summed E-state index contributed by atoms with van der Waals surface area (Å²) in [5.74, 6) is -5.25. The van der Waals surface area contributed by atoms with Crippen LogP contribution in [0, 0.1) is 23.8 Å². The van der Waals surface area contributed by atoms with E-state index in [1.807, 2.05) is 0 Å². The molecule has 7 heteroatoms. The fourth-order valence-corrected chi connectivity index (χ4v) is 3.90. The number of benzene rings is 2. The van der Waals surface area contributed by atoms with Crippen molar-refractivity contribution in [3.05, 3.63) is 107 Å². The molecule has 2 nitrogen and oxygen atoms in total. The second kappa shape index (κ2) is 8.18. The molecular weight excluding hydrogens is 611 g/mol. The Morgan fingerprint density at radius 1 is 0.758 bits per heavy atom. The third-order valence-corrected chi connectivity index (χ3v) is 5.75. The van der Waals surface area contributed by atoms with Gasteiger partial charge in [-0.05, 0) is 28.9 Å². The number of aromatic nitrogens is 2. The van der Waals surface area contributed by atoms with Gasteiger partial charge in [0.05, 0.1) is 0 Å². The van der Waals surface area contributed by atoms with Crippen LogP contribution in [0.5, 0.6) is 0 Å². The number of rotatable bonds is 0. The van der Waals surface area contributed by atoms with Crippen molar-refractivity contribution in [3.63, 3.8) is 0 Å². The van der Waals surface area contributed by atoms with E-state index in [1.54, 1.807) is 38.1 Å². The van der Waals surface area contributed by atoms with Gasteiger partial charge in [-0.3, -0.25) is 18.7 Å². The van der Waals surface area contributed by atoms with Crippen molar-refractivity contribution >= 4 is 0 Å². The number of hydrogen-bond acceptors (Lipinski definition) is 2. The summed E-state index contributed by atoms with van der Waals surface area (Å²) < 4.78 is 60.4. The molecular formula is C26H16F4N2Pt. The second-order valence-corrected chi connectivity index (χ2v) is 8.21. The predicted molar refractivity (Wildman–Crippen MR) is 112 cm³/mol. The summed E-state index contributed by atoms with van der Waals surface area (Å²) in [6, 6.07) is 20.1. The Morgan fingerprint density at radius 3 is 2.06 bits per heavy atom. The number of alkyl halides is 2. The minimum Gasteiger partial charge on any atom is -0.295 e. The van der Waals surface area contributed by atoms with Crippen molar-refractivity contribution in [1.29, 1.82) is 0 Å². The van der Waals surface area contributed by atoms with Gasteiger partial charge in [0.15, 0.2) is 0 Å². The van der Waals surface area contributed by atoms with Crippen LogP contribution in [-0.4, -0.2) is 9.97 Å². The van der Waals surface area contributed by atoms with Crippen LogP contribution in [0.25, 0.3) is 22.5 Å². The van der Waals surface area contributed by atoms with Gasteiger partial charge in [-0.1, -0.05) is 55.3 Å². The fraction of sp³-hybridized carbons (Fsp3) is 0.154. The number of halogens is 4. The maximum atomic E-state index is 15.4. The zero-order valence-corrected chi connectivity index (χ0v) is 19.8. The van der Waals surface area contributed by atoms with Crippen LogP contribution < -0.4 is 0 Å². The van der Waals surface area contributed by atoms with Crippen LogP contribution in [0.1, 0.15) is 36.4 Å². The zero-order valence-electron chi connectivity index (χ0n) is 17.5. The summed E-state index contributed by atoms with van der Waals surface area (Å²) in [5, 5.41) is 0. The predicted octanol–water partition coefficient (Wildman–Crippen LogP) is 6.47. The molecule has 0 aliphatic carbocycles. The van der Waals surface area contributed by atoms with Gasteiger partial charge >= 0.3 is 27.0 Å². The Labute approximate surface area is 203 Å². The molecule has 0 amide bonds. The molecule has 33 heavy (non-hydrogen) atoms. The number of fused-ring (bicyclic) bond motifs is 10. The molecule has 0 atom stereocenters. The quantitative estimate of drug-likeness (QED) is 0.165. The Morgan fingerprint density at radius 2 is 1.36 bits per heavy atom. The van der Waals surface area contributed by atoms with Gasteiger partial charge in [0.25, 0.3) is 0 Å². The van der Waals surface area contributed by atoms with Crippen LogP contribution in [0.4, 0.5) is 17.6 Å². The van der Waals surface area contributed by atoms with E-state index in [0.29, 0.717) is 16.8 Å². The molecule has 0 spiro atoms. The van der Waals surface area contributed by atoms with E-state index in [4.69, 9.17) is 0 Å². The van der Waals surface area contributed by atoms with E-state index in [0.717, 1.165) is 12.1 Å². The van der Waals surface area contributed by atoms with Crippen molar-refractivity contribution in [2.24, 2.45) is 0 Å². The molecule has 0 saturated carbocycles. The maximum absolute atomic E-state index is 15.4. The van der Waals surface area contributed by atoms with E-state index in [9.17, 15) is 8.78 Å². The van der Waals surface area contributed by atoms with Crippen LogP contribution >= 0.6 is 0 Å². The van der Waals surface area contributed by atoms with E-state index >= 15 is 8.78 Å². The van der Waals surface area contributed by atoms with Crippen molar-refractivity contribution in [2.75, 3.05) is 0 Å². The smallest absolute Gasteiger partial charge is 0.295 e. The molecule has 5 rings (SSSR count). The van der Waals surface area contributed by atoms with Gasteiger partial charge < -0.3 is 0 Å². The van der Waals surface area contributed by atoms with Gasteiger partial charge in [0, 0.05) is 11.6 Å². The molecule has 1 aliphatic rings. The average Bonchev–Trinajstić information content (AvgIpc) is 2.79. The first-order chi connectivity index (χ1) is 15.2. The molecule has 1 aliphatic heterocycles. The average molecular weight is 627 g/mol. The molecule has 4 aromatic rings. The van der Waals surface area contributed by atoms with E-state index in [-0.39, 0.29) is 37.9 Å². The summed E-state index contributed by atoms with van der Waals surface area (Å²) in [6.45, 7) is 3.54. The molecule has 0 unspecified atom stereocenters. The summed E-state index contributed by atoms with van der Waals surface area (Å²) >= 11 is 0. The molecule has 3 heterocycles. The number of hydrogen-bond donors (Lipinski definition) is 0. The number of nitrogens with zero attached hydrogens (tertiary/aromatic N) is 2. The van der Waals surface area contributed by atoms with Crippen LogP contribution in [0.3, 0.4) is 0 Å². The SMILES string of the molecule is CC1(C)c2[c-]c(ccc2)-c2cccc(n2)C(F)(F)c2cccc(n2)-c2[c-]c1c(F)cc2F.[Pt+2]. The van der Waals surface area contributed by atoms with Crippen LogP contribution in [0.15, 0.2) is 60.7 Å². The first kappa shape index (κ1) is 23.3. The first-order valence-electron chi connectivity index (χ1n) is 9.96. The van der Waals surface area contributed by atoms with Gasteiger partial charge in [-0.25, -0.2) is 0 Å². The van der Waals surface area contributed by atoms with Gasteiger partial charge in [-0.15, -0.1) is 41.5 Å². The van der Waals surface area contributed by atoms with Crippen molar-refractivity contribution in [3.8, 4) is 22.5 Å². The topological polar surface area (TPSA) is 25.8 Å². The first-order valence-corrected chi connectivity index (χ1v) is 9.96. The Hall–Kier alpha value is -2.85. The third kappa shape index (κ3) is 3.80. The number of pyridine rings is 2. The summed E-state index contributed by atoms with van der Waals surface area (Å²) in [6.07, 6.45) is 0. The van der Waals surface area contributed by atoms with Crippen molar-refractivity contribution in [2.45, 2.75) is 25.2 Å². The molecule has 0 saturated heterocycles. The molecule has 168 valence electrons. The molecule has 2 aromatic carbocycles. The standard InChI is InChI=1S/C26H16F4N2.Pt/c1-25(2)16-7-3-6-15(12-16)21-8-4-10-23(31-21)26(29,30)24-11-5-9-22(32-24)17-13-18(25)20(28)14-19(17)27;/h3-11,14H,1-2H3;/q-2;+2. The monoisotopic (exact) mass is 627 g/mol. The van der Waals surface area contributed by atoms with Gasteiger partial charge in [0.2, 0.25) is 0 Å². The normalized spacial score (nSPS) is 15.2. The van der Waals surface area contributed by atoms with Gasteiger partial charge in [-0.2, -0.15) is 8.78 Å². The van der Waals surface area contributed by atoms with E-state index in [1.165, 1.54) is 24.3 Å². The fourth-order valence-electron chi connectivity index (χ4n) is 3.90. The summed E-state index contributed by atoms with van der Waals surface area (Å²) in [4.78, 5) is 8.19. The molecule has 8 bridgehead atoms. The Balaban J connectivity index is 0.00000259. The third-order valence-electron chi connectivity index (χ3n) is 5.75.